The Bertz CT molecular complexity index is 1400. The van der Waals surface area contributed by atoms with Gasteiger partial charge in [0, 0.05) is 24.6 Å². The number of rotatable bonds is 11. The lowest BCUT2D eigenvalue weighted by atomic mass is 9.85. The molecule has 2 heterocycles. The summed E-state index contributed by atoms with van der Waals surface area (Å²) in [5, 5.41) is 72.7. The van der Waals surface area contributed by atoms with Gasteiger partial charge >= 0.3 is 5.97 Å². The number of esters is 1. The standard InChI is InChI=1S/C33H43NO13/c1-2-20(34)22(37)12-19-16(5-8-21(19)36)9-28(40)44-14-27-30(41)31(42)32(43)33(47-27)45-18-10-23(38)29-24(39)13-25(46-26(29)11-18)15-3-6-17(35)7-4-15/h3-4,6-7,10-11,16,19-22,25,27,30-33,35-38,41-43H,2,5,8-9,12-14,34H2,1H3/t16-,19-,20+,21+,22+,25?,27?,30?,31?,32?,33?/m0/s1. The number of ether oxygens (including phenoxy) is 4. The first kappa shape index (κ1) is 34.8. The highest BCUT2D eigenvalue weighted by Gasteiger charge is 2.46. The van der Waals surface area contributed by atoms with Gasteiger partial charge < -0.3 is 60.4 Å². The lowest BCUT2D eigenvalue weighted by molar-refractivity contribution is -0.278. The van der Waals surface area contributed by atoms with Crippen LogP contribution in [0.1, 0.15) is 67.5 Å². The number of hydrogen-bond acceptors (Lipinski definition) is 14. The van der Waals surface area contributed by atoms with Crippen molar-refractivity contribution in [3.63, 3.8) is 0 Å². The lowest BCUT2D eigenvalue weighted by Gasteiger charge is -2.40. The van der Waals surface area contributed by atoms with E-state index in [0.717, 1.165) is 6.07 Å². The van der Waals surface area contributed by atoms with E-state index in [0.29, 0.717) is 24.8 Å². The molecule has 2 fully saturated rings. The van der Waals surface area contributed by atoms with E-state index in [2.05, 4.69) is 0 Å². The van der Waals surface area contributed by atoms with Crippen molar-refractivity contribution in [2.75, 3.05) is 6.61 Å². The minimum atomic E-state index is -1.75. The van der Waals surface area contributed by atoms with E-state index in [4.69, 9.17) is 24.7 Å². The smallest absolute Gasteiger partial charge is 0.306 e. The molecule has 14 nitrogen and oxygen atoms in total. The van der Waals surface area contributed by atoms with Gasteiger partial charge in [0.25, 0.3) is 0 Å². The molecule has 2 aromatic rings. The first-order valence-corrected chi connectivity index (χ1v) is 15.9. The maximum absolute atomic E-state index is 12.9. The maximum atomic E-state index is 12.9. The normalized spacial score (nSPS) is 31.8. The van der Waals surface area contributed by atoms with Gasteiger partial charge in [-0.3, -0.25) is 9.59 Å². The number of nitrogens with two attached hydrogens (primary N) is 1. The Morgan fingerprint density at radius 2 is 1.77 bits per heavy atom. The van der Waals surface area contributed by atoms with E-state index in [-0.39, 0.29) is 59.7 Å². The molecule has 1 saturated carbocycles. The van der Waals surface area contributed by atoms with E-state index in [1.165, 1.54) is 18.2 Å². The topological polar surface area (TPSA) is 239 Å². The Hall–Kier alpha value is -3.50. The number of aromatic hydroxyl groups is 2. The van der Waals surface area contributed by atoms with E-state index in [1.54, 1.807) is 12.1 Å². The zero-order chi connectivity index (χ0) is 34.0. The van der Waals surface area contributed by atoms with Crippen LogP contribution < -0.4 is 15.2 Å². The number of phenolic OH excluding ortho intramolecular Hbond substituents is 2. The summed E-state index contributed by atoms with van der Waals surface area (Å²) in [6, 6.07) is 8.12. The first-order chi connectivity index (χ1) is 22.4. The SMILES string of the molecule is CC[C@@H](N)[C@H](O)C[C@H]1[C@H](CC(=O)OCC2OC(Oc3cc(O)c4c(c3)OC(c3ccc(O)cc3)CC4=O)C(O)C(O)C2O)CC[C@H]1O. The second-order valence-electron chi connectivity index (χ2n) is 12.6. The zero-order valence-electron chi connectivity index (χ0n) is 25.9. The molecule has 11 atom stereocenters. The van der Waals surface area contributed by atoms with E-state index < -0.39 is 73.4 Å². The monoisotopic (exact) mass is 661 g/mol. The van der Waals surface area contributed by atoms with Crippen LogP contribution in [-0.4, -0.2) is 103 Å². The third-order valence-electron chi connectivity index (χ3n) is 9.41. The summed E-state index contributed by atoms with van der Waals surface area (Å²) in [5.74, 6) is -2.10. The molecule has 6 unspecified atom stereocenters. The van der Waals surface area contributed by atoms with Gasteiger partial charge in [0.05, 0.1) is 18.6 Å². The zero-order valence-corrected chi connectivity index (χ0v) is 25.9. The molecule has 0 amide bonds. The molecule has 258 valence electrons. The largest absolute Gasteiger partial charge is 0.508 e. The Morgan fingerprint density at radius 3 is 2.47 bits per heavy atom. The number of Topliss-reactive ketones (excluding diaryl/α,β-unsaturated/α-hetero) is 1. The highest BCUT2D eigenvalue weighted by molar-refractivity contribution is 6.02. The molecule has 1 aliphatic carbocycles. The quantitative estimate of drug-likeness (QED) is 0.156. The predicted octanol–water partition coefficient (Wildman–Crippen LogP) is 0.799. The number of ketones is 1. The third kappa shape index (κ3) is 7.81. The second-order valence-corrected chi connectivity index (χ2v) is 12.6. The maximum Gasteiger partial charge on any atom is 0.306 e. The molecule has 3 aliphatic rings. The molecule has 0 bridgehead atoms. The van der Waals surface area contributed by atoms with Crippen molar-refractivity contribution in [1.29, 1.82) is 0 Å². The Labute approximate surface area is 271 Å². The van der Waals surface area contributed by atoms with Crippen LogP contribution in [0.4, 0.5) is 0 Å². The average Bonchev–Trinajstić information content (AvgIpc) is 3.37. The van der Waals surface area contributed by atoms with Crippen molar-refractivity contribution in [2.24, 2.45) is 17.6 Å². The molecule has 9 N–H and O–H groups in total. The van der Waals surface area contributed by atoms with Gasteiger partial charge in [-0.1, -0.05) is 19.1 Å². The summed E-state index contributed by atoms with van der Waals surface area (Å²) in [7, 11) is 0. The second kappa shape index (κ2) is 14.7. The van der Waals surface area contributed by atoms with Crippen LogP contribution in [-0.2, 0) is 14.3 Å². The molecular formula is C33H43NO13. The third-order valence-corrected chi connectivity index (χ3v) is 9.41. The van der Waals surface area contributed by atoms with Crippen molar-refractivity contribution in [2.45, 2.75) is 101 Å². The van der Waals surface area contributed by atoms with Crippen LogP contribution >= 0.6 is 0 Å². The molecule has 14 heteroatoms. The van der Waals surface area contributed by atoms with Gasteiger partial charge in [-0.05, 0) is 55.2 Å². The van der Waals surface area contributed by atoms with Crippen molar-refractivity contribution >= 4 is 11.8 Å². The van der Waals surface area contributed by atoms with Gasteiger partial charge in [-0.25, -0.2) is 0 Å². The van der Waals surface area contributed by atoms with Crippen molar-refractivity contribution in [3.8, 4) is 23.0 Å². The lowest BCUT2D eigenvalue weighted by Crippen LogP contribution is -2.60. The summed E-state index contributed by atoms with van der Waals surface area (Å²) in [4.78, 5) is 25.7. The number of hydrogen-bond donors (Lipinski definition) is 8. The van der Waals surface area contributed by atoms with Crippen molar-refractivity contribution in [3.05, 3.63) is 47.5 Å². The average molecular weight is 662 g/mol. The van der Waals surface area contributed by atoms with E-state index in [9.17, 15) is 45.3 Å². The molecular weight excluding hydrogens is 618 g/mol. The fourth-order valence-corrected chi connectivity index (χ4v) is 6.55. The van der Waals surface area contributed by atoms with Crippen LogP contribution in [0, 0.1) is 11.8 Å². The van der Waals surface area contributed by atoms with Gasteiger partial charge in [0.2, 0.25) is 6.29 Å². The molecule has 2 aliphatic heterocycles. The number of phenols is 2. The number of aliphatic hydroxyl groups is 5. The summed E-state index contributed by atoms with van der Waals surface area (Å²) in [6.45, 7) is 1.36. The Balaban J connectivity index is 1.22. The fourth-order valence-electron chi connectivity index (χ4n) is 6.55. The summed E-state index contributed by atoms with van der Waals surface area (Å²) < 4.78 is 22.7. The Kier molecular flexibility index (Phi) is 10.9. The van der Waals surface area contributed by atoms with Crippen LogP contribution in [0.5, 0.6) is 23.0 Å². The number of carbonyl (C=O) groups is 2. The van der Waals surface area contributed by atoms with Crippen LogP contribution in [0.2, 0.25) is 0 Å². The van der Waals surface area contributed by atoms with Gasteiger partial charge in [0.1, 0.15) is 65.7 Å². The molecule has 2 aromatic carbocycles. The number of aliphatic hydroxyl groups excluding tert-OH is 5. The summed E-state index contributed by atoms with van der Waals surface area (Å²) in [5.41, 5.74) is 6.50. The summed E-state index contributed by atoms with van der Waals surface area (Å²) in [6.07, 6.45) is -8.53. The molecule has 1 saturated heterocycles. The first-order valence-electron chi connectivity index (χ1n) is 15.9. The van der Waals surface area contributed by atoms with Crippen molar-refractivity contribution < 1.29 is 64.3 Å². The Morgan fingerprint density at radius 1 is 1.04 bits per heavy atom. The van der Waals surface area contributed by atoms with E-state index >= 15 is 0 Å². The van der Waals surface area contributed by atoms with Crippen LogP contribution in [0.3, 0.4) is 0 Å². The number of fused-ring (bicyclic) bond motifs is 1. The van der Waals surface area contributed by atoms with Crippen LogP contribution in [0.15, 0.2) is 36.4 Å². The van der Waals surface area contributed by atoms with Crippen molar-refractivity contribution in [1.82, 2.24) is 0 Å². The molecule has 0 aromatic heterocycles. The predicted molar refractivity (Wildman–Crippen MR) is 163 cm³/mol. The minimum absolute atomic E-state index is 0.00483. The number of benzene rings is 2. The summed E-state index contributed by atoms with van der Waals surface area (Å²) >= 11 is 0. The minimum Gasteiger partial charge on any atom is -0.508 e. The van der Waals surface area contributed by atoms with Gasteiger partial charge in [0.15, 0.2) is 5.78 Å². The molecule has 0 spiro atoms. The van der Waals surface area contributed by atoms with Gasteiger partial charge in [-0.15, -0.1) is 0 Å². The highest BCUT2D eigenvalue weighted by Crippen LogP contribution is 2.43. The molecule has 0 radical (unpaired) electrons. The molecule has 47 heavy (non-hydrogen) atoms. The number of carbonyl (C=O) groups excluding carboxylic acids is 2. The molecule has 5 rings (SSSR count). The van der Waals surface area contributed by atoms with E-state index in [1.807, 2.05) is 6.92 Å². The highest BCUT2D eigenvalue weighted by atomic mass is 16.7. The van der Waals surface area contributed by atoms with Gasteiger partial charge in [-0.2, -0.15) is 0 Å². The van der Waals surface area contributed by atoms with Crippen LogP contribution in [0.25, 0.3) is 0 Å². The fraction of sp³-hybridized carbons (Fsp3) is 0.576.